The first-order valence-corrected chi connectivity index (χ1v) is 19.4. The second kappa shape index (κ2) is 17.0. The average molecular weight is 790 g/mol. The van der Waals surface area contributed by atoms with Crippen molar-refractivity contribution in [3.63, 3.8) is 0 Å². The van der Waals surface area contributed by atoms with Crippen LogP contribution >= 0.6 is 0 Å². The van der Waals surface area contributed by atoms with Gasteiger partial charge in [0, 0.05) is 49.8 Å². The molecule has 25 heteroatoms. The maximum Gasteiger partial charge on any atom is 0.330 e. The SMILES string of the molecule is CC(=O)O[C@@H]1[C@H](N=[N+]=[N-])[C@@H](CCS(=O)(=O)N[C@H]2[C@@H](OC(C)=O)[C@H](n3ccc(=O)[nH]c3=O)O[C@@H]2CCS(=O)(=O)NCC(C)C)O[C@H]1n1ccc(=O)[nH]c1=O. The number of carbonyl (C=O) groups excluding carboxylic acids is 2. The van der Waals surface area contributed by atoms with Crippen LogP contribution in [0.1, 0.15) is 53.0 Å². The van der Waals surface area contributed by atoms with Crippen molar-refractivity contribution in [3.05, 3.63) is 76.6 Å². The van der Waals surface area contributed by atoms with Crippen molar-refractivity contribution < 1.29 is 45.4 Å². The van der Waals surface area contributed by atoms with Crippen molar-refractivity contribution in [3.8, 4) is 0 Å². The zero-order chi connectivity index (χ0) is 39.2. The molecule has 0 unspecified atom stereocenters. The summed E-state index contributed by atoms with van der Waals surface area (Å²) in [5.74, 6) is -3.14. The molecule has 0 aromatic carbocycles. The van der Waals surface area contributed by atoms with Crippen LogP contribution in [-0.2, 0) is 48.6 Å². The van der Waals surface area contributed by atoms with E-state index in [9.17, 15) is 51.1 Å². The molecule has 2 aromatic rings. The van der Waals surface area contributed by atoms with Gasteiger partial charge in [-0.1, -0.05) is 19.0 Å². The number of rotatable bonds is 16. The van der Waals surface area contributed by atoms with E-state index in [1.165, 1.54) is 0 Å². The molecule has 2 fully saturated rings. The van der Waals surface area contributed by atoms with Crippen LogP contribution in [0.25, 0.3) is 10.4 Å². The van der Waals surface area contributed by atoms with E-state index in [0.29, 0.717) is 0 Å². The molecule has 8 atom stereocenters. The summed E-state index contributed by atoms with van der Waals surface area (Å²) in [6.45, 7) is 5.75. The van der Waals surface area contributed by atoms with Crippen LogP contribution in [0, 0.1) is 5.92 Å². The number of H-pyrrole nitrogens is 2. The van der Waals surface area contributed by atoms with E-state index in [1.54, 1.807) is 13.8 Å². The molecule has 23 nitrogen and oxygen atoms in total. The second-order valence-electron chi connectivity index (χ2n) is 12.6. The highest BCUT2D eigenvalue weighted by molar-refractivity contribution is 7.89. The summed E-state index contributed by atoms with van der Waals surface area (Å²) in [5.41, 5.74) is 5.82. The van der Waals surface area contributed by atoms with Crippen LogP contribution in [0.4, 0.5) is 0 Å². The number of carbonyl (C=O) groups is 2. The van der Waals surface area contributed by atoms with Gasteiger partial charge in [0.1, 0.15) is 6.04 Å². The molecule has 2 aromatic heterocycles. The maximum atomic E-state index is 13.7. The minimum atomic E-state index is -4.50. The van der Waals surface area contributed by atoms with E-state index in [-0.39, 0.29) is 18.9 Å². The maximum absolute atomic E-state index is 13.7. The minimum Gasteiger partial charge on any atom is -0.457 e. The quantitative estimate of drug-likeness (QED) is 0.0623. The zero-order valence-corrected chi connectivity index (χ0v) is 30.4. The molecule has 0 saturated carbocycles. The molecule has 4 heterocycles. The third-order valence-electron chi connectivity index (χ3n) is 8.07. The Labute approximate surface area is 300 Å². The number of nitrogens with one attached hydrogen (secondary N) is 4. The molecule has 0 spiro atoms. The lowest BCUT2D eigenvalue weighted by atomic mass is 10.1. The number of sulfonamides is 2. The van der Waals surface area contributed by atoms with Gasteiger partial charge in [-0.15, -0.1) is 0 Å². The Balaban J connectivity index is 1.64. The fourth-order valence-corrected chi connectivity index (χ4v) is 8.43. The normalized spacial score (nSPS) is 25.9. The largest absolute Gasteiger partial charge is 0.457 e. The molecule has 4 N–H and O–H groups in total. The second-order valence-corrected chi connectivity index (χ2v) is 16.4. The Morgan fingerprint density at radius 3 is 1.87 bits per heavy atom. The number of ether oxygens (including phenoxy) is 4. The van der Waals surface area contributed by atoms with Gasteiger partial charge in [-0.25, -0.2) is 35.9 Å². The average Bonchev–Trinajstić information content (AvgIpc) is 3.54. The lowest BCUT2D eigenvalue weighted by molar-refractivity contribution is -0.153. The number of hydrogen-bond acceptors (Lipinski definition) is 15. The highest BCUT2D eigenvalue weighted by Crippen LogP contribution is 2.36. The van der Waals surface area contributed by atoms with Crippen LogP contribution in [0.2, 0.25) is 0 Å². The molecule has 2 aliphatic rings. The Morgan fingerprint density at radius 2 is 1.36 bits per heavy atom. The summed E-state index contributed by atoms with van der Waals surface area (Å²) in [4.78, 5) is 79.7. The van der Waals surface area contributed by atoms with E-state index < -0.39 is 121 Å². The van der Waals surface area contributed by atoms with Crippen LogP contribution < -0.4 is 31.9 Å². The Morgan fingerprint density at radius 1 is 0.868 bits per heavy atom. The fourth-order valence-electron chi connectivity index (χ4n) is 5.80. The molecular weight excluding hydrogens is 750 g/mol. The summed E-state index contributed by atoms with van der Waals surface area (Å²) in [6.07, 6.45) is -7.30. The van der Waals surface area contributed by atoms with Crippen LogP contribution in [0.15, 0.2) is 48.8 Å². The van der Waals surface area contributed by atoms with Gasteiger partial charge in [0.25, 0.3) is 11.1 Å². The summed E-state index contributed by atoms with van der Waals surface area (Å²) < 4.78 is 82.1. The van der Waals surface area contributed by atoms with Gasteiger partial charge in [-0.3, -0.25) is 38.3 Å². The summed E-state index contributed by atoms with van der Waals surface area (Å²) >= 11 is 0. The predicted molar refractivity (Wildman–Crippen MR) is 181 cm³/mol. The third-order valence-corrected chi connectivity index (χ3v) is 10.9. The Hall–Kier alpha value is -4.65. The molecule has 0 amide bonds. The van der Waals surface area contributed by atoms with Crippen LogP contribution in [-0.4, -0.2) is 102 Å². The van der Waals surface area contributed by atoms with Crippen molar-refractivity contribution in [1.29, 1.82) is 0 Å². The number of hydrogen-bond donors (Lipinski definition) is 4. The summed E-state index contributed by atoms with van der Waals surface area (Å²) in [6, 6.07) is -0.896. The van der Waals surface area contributed by atoms with Gasteiger partial charge >= 0.3 is 23.3 Å². The molecule has 0 bridgehead atoms. The highest BCUT2D eigenvalue weighted by atomic mass is 32.2. The molecule has 53 heavy (non-hydrogen) atoms. The van der Waals surface area contributed by atoms with Gasteiger partial charge in [0.2, 0.25) is 20.0 Å². The van der Waals surface area contributed by atoms with Gasteiger partial charge in [0.15, 0.2) is 24.7 Å². The van der Waals surface area contributed by atoms with Gasteiger partial charge in [0.05, 0.1) is 29.8 Å². The van der Waals surface area contributed by atoms with Crippen molar-refractivity contribution in [1.82, 2.24) is 28.5 Å². The molecule has 2 saturated heterocycles. The standard InChI is InChI=1S/C28H39N9O14S2/c1-14(2)13-30-52(44,45)11-7-18-22(24(49-16(4)39)26(51-18)37-10-6-20(41)32-28(37)43)34-53(46,47)12-8-17-21(33-35-29)23(48-15(3)38)25(50-17)36-9-5-19(40)31-27(36)42/h5-6,9-10,14,17-18,21-26,30,34H,7-8,11-13H2,1-4H3,(H,31,40,42)(H,32,41,43)/t17-,18-,21-,22-,23-,24-,25-,26-/m1/s1. The smallest absolute Gasteiger partial charge is 0.330 e. The molecule has 0 aliphatic carbocycles. The first kappa shape index (κ1) is 41.1. The van der Waals surface area contributed by atoms with Gasteiger partial charge in [-0.2, -0.15) is 0 Å². The molecule has 4 rings (SSSR count). The molecular formula is C28H39N9O14S2. The Bertz CT molecular complexity index is 2180. The summed E-state index contributed by atoms with van der Waals surface area (Å²) in [5, 5.41) is 3.63. The Kier molecular flexibility index (Phi) is 13.2. The lowest BCUT2D eigenvalue weighted by Gasteiger charge is -2.25. The predicted octanol–water partition coefficient (Wildman–Crippen LogP) is -1.93. The minimum absolute atomic E-state index is 0.0311. The van der Waals surface area contributed by atoms with E-state index >= 15 is 0 Å². The monoisotopic (exact) mass is 789 g/mol. The number of esters is 2. The van der Waals surface area contributed by atoms with Gasteiger partial charge in [-0.05, 0) is 24.3 Å². The van der Waals surface area contributed by atoms with Crippen molar-refractivity contribution in [2.24, 2.45) is 11.0 Å². The highest BCUT2D eigenvalue weighted by Gasteiger charge is 2.51. The van der Waals surface area contributed by atoms with Crippen molar-refractivity contribution in [2.75, 3.05) is 18.1 Å². The number of aromatic nitrogens is 4. The number of azide groups is 1. The summed E-state index contributed by atoms with van der Waals surface area (Å²) in [7, 11) is -8.41. The number of nitrogens with zero attached hydrogens (tertiary/aromatic N) is 5. The van der Waals surface area contributed by atoms with E-state index in [4.69, 9.17) is 18.9 Å². The lowest BCUT2D eigenvalue weighted by Crippen LogP contribution is -2.50. The molecule has 0 radical (unpaired) electrons. The molecule has 292 valence electrons. The van der Waals surface area contributed by atoms with Crippen LogP contribution in [0.5, 0.6) is 0 Å². The van der Waals surface area contributed by atoms with Crippen LogP contribution in [0.3, 0.4) is 0 Å². The first-order chi connectivity index (χ1) is 24.8. The van der Waals surface area contributed by atoms with E-state index in [2.05, 4.69) is 19.5 Å². The third kappa shape index (κ3) is 10.7. The van der Waals surface area contributed by atoms with Crippen molar-refractivity contribution in [2.45, 2.75) is 89.5 Å². The molecule has 2 aliphatic heterocycles. The topological polar surface area (TPSA) is 322 Å². The van der Waals surface area contributed by atoms with Crippen molar-refractivity contribution >= 4 is 32.0 Å². The number of aromatic amines is 2. The fraction of sp³-hybridized carbons (Fsp3) is 0.643. The van der Waals surface area contributed by atoms with E-state index in [0.717, 1.165) is 47.5 Å². The van der Waals surface area contributed by atoms with Gasteiger partial charge < -0.3 is 18.9 Å². The first-order valence-electron chi connectivity index (χ1n) is 16.1. The van der Waals surface area contributed by atoms with E-state index in [1.807, 2.05) is 9.97 Å². The zero-order valence-electron chi connectivity index (χ0n) is 28.8.